The van der Waals surface area contributed by atoms with Gasteiger partial charge in [-0.25, -0.2) is 0 Å². The number of hydrogen-bond donors (Lipinski definition) is 2. The molecule has 4 heteroatoms. The third-order valence-corrected chi connectivity index (χ3v) is 1.93. The zero-order chi connectivity index (χ0) is 9.14. The topological polar surface area (TPSA) is 61.3 Å². The van der Waals surface area contributed by atoms with Gasteiger partial charge in [0.2, 0.25) is 0 Å². The Morgan fingerprint density at radius 1 is 1.50 bits per heavy atom. The Bertz CT molecular complexity index is 263. The van der Waals surface area contributed by atoms with Crippen LogP contribution in [0.2, 0.25) is 5.02 Å². The van der Waals surface area contributed by atoms with E-state index in [0.717, 1.165) is 5.56 Å². The molecule has 0 saturated heterocycles. The quantitative estimate of drug-likeness (QED) is 0.687. The molecule has 0 bridgehead atoms. The molecule has 0 unspecified atom stereocenters. The van der Waals surface area contributed by atoms with Crippen molar-refractivity contribution in [2.75, 3.05) is 12.8 Å². The molecule has 1 rings (SSSR count). The molecule has 0 radical (unpaired) electrons. The van der Waals surface area contributed by atoms with Crippen LogP contribution in [0, 0.1) is 0 Å². The number of nitrogen functional groups attached to an aromatic ring is 1. The molecule has 0 aromatic heterocycles. The maximum atomic E-state index is 5.81. The van der Waals surface area contributed by atoms with Crippen LogP contribution in [-0.4, -0.2) is 7.11 Å². The maximum Gasteiger partial charge on any atom is 0.137 e. The van der Waals surface area contributed by atoms with Crippen molar-refractivity contribution in [3.63, 3.8) is 0 Å². The molecule has 0 heterocycles. The van der Waals surface area contributed by atoms with E-state index in [4.69, 9.17) is 27.8 Å². The number of halogens is 1. The monoisotopic (exact) mass is 186 g/mol. The van der Waals surface area contributed by atoms with Crippen LogP contribution in [0.4, 0.5) is 5.69 Å². The van der Waals surface area contributed by atoms with Gasteiger partial charge in [-0.15, -0.1) is 0 Å². The van der Waals surface area contributed by atoms with E-state index >= 15 is 0 Å². The molecule has 0 spiro atoms. The Labute approximate surface area is 76.3 Å². The first kappa shape index (κ1) is 9.16. The van der Waals surface area contributed by atoms with Gasteiger partial charge in [0.15, 0.2) is 0 Å². The second-order valence-corrected chi connectivity index (χ2v) is 2.80. The molecular formula is C8H11ClN2O. The van der Waals surface area contributed by atoms with Gasteiger partial charge in [-0.1, -0.05) is 11.6 Å². The van der Waals surface area contributed by atoms with E-state index in [1.807, 2.05) is 0 Å². The van der Waals surface area contributed by atoms with Gasteiger partial charge in [0.1, 0.15) is 5.75 Å². The van der Waals surface area contributed by atoms with Crippen LogP contribution in [0.5, 0.6) is 5.75 Å². The normalized spacial score (nSPS) is 9.92. The predicted molar refractivity (Wildman–Crippen MR) is 50.3 cm³/mol. The number of benzene rings is 1. The van der Waals surface area contributed by atoms with E-state index in [1.54, 1.807) is 19.2 Å². The van der Waals surface area contributed by atoms with Gasteiger partial charge in [0.25, 0.3) is 0 Å². The zero-order valence-electron chi connectivity index (χ0n) is 6.80. The summed E-state index contributed by atoms with van der Waals surface area (Å²) in [5.41, 5.74) is 12.5. The van der Waals surface area contributed by atoms with Crippen molar-refractivity contribution >= 4 is 17.3 Å². The van der Waals surface area contributed by atoms with Crippen LogP contribution in [0.1, 0.15) is 5.56 Å². The first-order valence-electron chi connectivity index (χ1n) is 3.51. The summed E-state index contributed by atoms with van der Waals surface area (Å²) < 4.78 is 5.00. The lowest BCUT2D eigenvalue weighted by Gasteiger charge is -2.07. The Morgan fingerprint density at radius 2 is 2.17 bits per heavy atom. The lowest BCUT2D eigenvalue weighted by atomic mass is 10.2. The van der Waals surface area contributed by atoms with E-state index in [9.17, 15) is 0 Å². The van der Waals surface area contributed by atoms with Gasteiger partial charge < -0.3 is 16.2 Å². The molecule has 0 aliphatic heterocycles. The maximum absolute atomic E-state index is 5.81. The summed E-state index contributed by atoms with van der Waals surface area (Å²) in [6, 6.07) is 3.39. The second kappa shape index (κ2) is 3.65. The van der Waals surface area contributed by atoms with Crippen molar-refractivity contribution in [2.45, 2.75) is 6.54 Å². The van der Waals surface area contributed by atoms with Gasteiger partial charge >= 0.3 is 0 Å². The third-order valence-electron chi connectivity index (χ3n) is 1.63. The van der Waals surface area contributed by atoms with Gasteiger partial charge in [0.05, 0.1) is 12.1 Å². The van der Waals surface area contributed by atoms with Gasteiger partial charge in [-0.3, -0.25) is 0 Å². The number of hydrogen-bond acceptors (Lipinski definition) is 3. The van der Waals surface area contributed by atoms with E-state index < -0.39 is 0 Å². The lowest BCUT2D eigenvalue weighted by Crippen LogP contribution is -2.02. The highest BCUT2D eigenvalue weighted by Gasteiger charge is 2.04. The summed E-state index contributed by atoms with van der Waals surface area (Å²) in [6.45, 7) is 0.388. The first-order valence-corrected chi connectivity index (χ1v) is 3.88. The molecule has 0 fully saturated rings. The van der Waals surface area contributed by atoms with E-state index in [2.05, 4.69) is 0 Å². The van der Waals surface area contributed by atoms with E-state index in [-0.39, 0.29) is 0 Å². The molecule has 1 aromatic rings. The van der Waals surface area contributed by atoms with Crippen molar-refractivity contribution in [2.24, 2.45) is 5.73 Å². The highest BCUT2D eigenvalue weighted by atomic mass is 35.5. The lowest BCUT2D eigenvalue weighted by molar-refractivity contribution is 0.414. The fourth-order valence-corrected chi connectivity index (χ4v) is 1.19. The highest BCUT2D eigenvalue weighted by Crippen LogP contribution is 2.29. The fourth-order valence-electron chi connectivity index (χ4n) is 0.944. The van der Waals surface area contributed by atoms with Crippen molar-refractivity contribution in [1.29, 1.82) is 0 Å². The van der Waals surface area contributed by atoms with Gasteiger partial charge in [-0.05, 0) is 17.7 Å². The molecule has 0 amide bonds. The standard InChI is InChI=1S/C8H11ClN2O/c1-12-8-2-5(4-10)7(11)3-6(8)9/h2-3H,4,10-11H2,1H3. The molecular weight excluding hydrogens is 176 g/mol. The average molecular weight is 187 g/mol. The Balaban J connectivity index is 3.18. The third kappa shape index (κ3) is 1.62. The molecule has 3 nitrogen and oxygen atoms in total. The van der Waals surface area contributed by atoms with Crippen LogP contribution in [0.15, 0.2) is 12.1 Å². The predicted octanol–water partition coefficient (Wildman–Crippen LogP) is 1.39. The summed E-state index contributed by atoms with van der Waals surface area (Å²) in [5, 5.41) is 0.507. The molecule has 0 aliphatic rings. The molecule has 4 N–H and O–H groups in total. The van der Waals surface area contributed by atoms with Crippen molar-refractivity contribution < 1.29 is 4.74 Å². The highest BCUT2D eigenvalue weighted by molar-refractivity contribution is 6.32. The molecule has 0 saturated carbocycles. The number of methoxy groups -OCH3 is 1. The number of ether oxygens (including phenoxy) is 1. The van der Waals surface area contributed by atoms with Crippen LogP contribution in [-0.2, 0) is 6.54 Å². The van der Waals surface area contributed by atoms with E-state index in [1.165, 1.54) is 0 Å². The van der Waals surface area contributed by atoms with Crippen LogP contribution >= 0.6 is 11.6 Å². The van der Waals surface area contributed by atoms with Gasteiger partial charge in [-0.2, -0.15) is 0 Å². The summed E-state index contributed by atoms with van der Waals surface area (Å²) in [6.07, 6.45) is 0. The minimum Gasteiger partial charge on any atom is -0.495 e. The minimum absolute atomic E-state index is 0.388. The number of rotatable bonds is 2. The fraction of sp³-hybridized carbons (Fsp3) is 0.250. The summed E-state index contributed by atoms with van der Waals surface area (Å²) in [4.78, 5) is 0. The van der Waals surface area contributed by atoms with Crippen molar-refractivity contribution in [1.82, 2.24) is 0 Å². The molecule has 1 aromatic carbocycles. The Kier molecular flexibility index (Phi) is 2.78. The number of anilines is 1. The Hall–Kier alpha value is -0.930. The summed E-state index contributed by atoms with van der Waals surface area (Å²) in [5.74, 6) is 0.603. The SMILES string of the molecule is COc1cc(CN)c(N)cc1Cl. The smallest absolute Gasteiger partial charge is 0.137 e. The molecule has 0 aliphatic carbocycles. The van der Waals surface area contributed by atoms with Crippen LogP contribution in [0.3, 0.4) is 0 Å². The number of nitrogens with two attached hydrogens (primary N) is 2. The average Bonchev–Trinajstić information content (AvgIpc) is 2.05. The second-order valence-electron chi connectivity index (χ2n) is 2.39. The minimum atomic E-state index is 0.388. The van der Waals surface area contributed by atoms with Gasteiger partial charge in [0, 0.05) is 12.2 Å². The van der Waals surface area contributed by atoms with Crippen molar-refractivity contribution in [3.05, 3.63) is 22.7 Å². The molecule has 66 valence electrons. The molecule has 0 atom stereocenters. The largest absolute Gasteiger partial charge is 0.495 e. The van der Waals surface area contributed by atoms with Crippen LogP contribution in [0.25, 0.3) is 0 Å². The van der Waals surface area contributed by atoms with Crippen LogP contribution < -0.4 is 16.2 Å². The summed E-state index contributed by atoms with van der Waals surface area (Å²) in [7, 11) is 1.55. The van der Waals surface area contributed by atoms with E-state index in [0.29, 0.717) is 23.0 Å². The molecule has 12 heavy (non-hydrogen) atoms. The first-order chi connectivity index (χ1) is 5.69. The Morgan fingerprint density at radius 3 is 2.67 bits per heavy atom. The zero-order valence-corrected chi connectivity index (χ0v) is 7.56. The van der Waals surface area contributed by atoms with Crippen molar-refractivity contribution in [3.8, 4) is 5.75 Å². The summed E-state index contributed by atoms with van der Waals surface area (Å²) >= 11 is 5.81.